The topological polar surface area (TPSA) is 26.0 Å². The SMILES string of the molecule is Cc1c(N)cccc1SCc1cccc(Cl)c1F. The van der Waals surface area contributed by atoms with Crippen LogP contribution in [0, 0.1) is 12.7 Å². The van der Waals surface area contributed by atoms with Gasteiger partial charge >= 0.3 is 0 Å². The van der Waals surface area contributed by atoms with Crippen LogP contribution in [0.3, 0.4) is 0 Å². The van der Waals surface area contributed by atoms with Gasteiger partial charge in [-0.15, -0.1) is 11.8 Å². The Hall–Kier alpha value is -1.19. The summed E-state index contributed by atoms with van der Waals surface area (Å²) in [6, 6.07) is 10.8. The number of nitrogens with two attached hydrogens (primary N) is 1. The zero-order valence-corrected chi connectivity index (χ0v) is 11.5. The monoisotopic (exact) mass is 281 g/mol. The average molecular weight is 282 g/mol. The predicted molar refractivity (Wildman–Crippen MR) is 76.6 cm³/mol. The van der Waals surface area contributed by atoms with Gasteiger partial charge in [0.05, 0.1) is 5.02 Å². The first-order valence-electron chi connectivity index (χ1n) is 5.50. The summed E-state index contributed by atoms with van der Waals surface area (Å²) < 4.78 is 13.7. The molecule has 18 heavy (non-hydrogen) atoms. The molecule has 0 aromatic heterocycles. The lowest BCUT2D eigenvalue weighted by atomic mass is 10.2. The number of rotatable bonds is 3. The molecule has 2 N–H and O–H groups in total. The van der Waals surface area contributed by atoms with Crippen LogP contribution in [0.25, 0.3) is 0 Å². The molecule has 1 nitrogen and oxygen atoms in total. The third-order valence-electron chi connectivity index (χ3n) is 2.74. The van der Waals surface area contributed by atoms with Gasteiger partial charge in [-0.2, -0.15) is 0 Å². The Morgan fingerprint density at radius 2 is 1.94 bits per heavy atom. The summed E-state index contributed by atoms with van der Waals surface area (Å²) >= 11 is 7.31. The highest BCUT2D eigenvalue weighted by atomic mass is 35.5. The highest BCUT2D eigenvalue weighted by Crippen LogP contribution is 2.30. The third kappa shape index (κ3) is 2.79. The second-order valence-electron chi connectivity index (χ2n) is 3.97. The van der Waals surface area contributed by atoms with Crippen LogP contribution in [0.4, 0.5) is 10.1 Å². The molecule has 0 atom stereocenters. The molecule has 2 aromatic carbocycles. The molecule has 0 fully saturated rings. The molecule has 0 spiro atoms. The van der Waals surface area contributed by atoms with E-state index < -0.39 is 0 Å². The molecule has 2 aromatic rings. The zero-order chi connectivity index (χ0) is 13.1. The summed E-state index contributed by atoms with van der Waals surface area (Å²) in [5.41, 5.74) is 8.23. The van der Waals surface area contributed by atoms with E-state index in [4.69, 9.17) is 17.3 Å². The number of thioether (sulfide) groups is 1. The van der Waals surface area contributed by atoms with Crippen molar-refractivity contribution in [1.82, 2.24) is 0 Å². The summed E-state index contributed by atoms with van der Waals surface area (Å²) in [4.78, 5) is 1.06. The first kappa shape index (κ1) is 13.2. The Balaban J connectivity index is 2.17. The molecule has 0 aliphatic heterocycles. The second-order valence-corrected chi connectivity index (χ2v) is 5.40. The molecule has 0 amide bonds. The van der Waals surface area contributed by atoms with E-state index in [1.54, 1.807) is 30.0 Å². The highest BCUT2D eigenvalue weighted by molar-refractivity contribution is 7.98. The predicted octanol–water partition coefficient (Wildman–Crippen LogP) is 4.66. The van der Waals surface area contributed by atoms with Crippen LogP contribution in [0.2, 0.25) is 5.02 Å². The molecule has 0 heterocycles. The molecular formula is C14H13ClFNS. The minimum absolute atomic E-state index is 0.164. The Labute approximate surface area is 115 Å². The van der Waals surface area contributed by atoms with Crippen molar-refractivity contribution in [3.8, 4) is 0 Å². The quantitative estimate of drug-likeness (QED) is 0.654. The highest BCUT2D eigenvalue weighted by Gasteiger charge is 2.08. The fourth-order valence-corrected chi connectivity index (χ4v) is 2.84. The van der Waals surface area contributed by atoms with Crippen molar-refractivity contribution >= 4 is 29.1 Å². The van der Waals surface area contributed by atoms with Crippen LogP contribution in [0.5, 0.6) is 0 Å². The van der Waals surface area contributed by atoms with Gasteiger partial charge in [-0.1, -0.05) is 29.8 Å². The van der Waals surface area contributed by atoms with E-state index >= 15 is 0 Å². The van der Waals surface area contributed by atoms with Gasteiger partial charge in [0.2, 0.25) is 0 Å². The summed E-state index contributed by atoms with van der Waals surface area (Å²) in [5, 5.41) is 0.164. The molecule has 0 saturated carbocycles. The summed E-state index contributed by atoms with van der Waals surface area (Å²) in [6.45, 7) is 1.96. The van der Waals surface area contributed by atoms with Gasteiger partial charge in [-0.25, -0.2) is 4.39 Å². The summed E-state index contributed by atoms with van der Waals surface area (Å²) in [7, 11) is 0. The largest absolute Gasteiger partial charge is 0.398 e. The van der Waals surface area contributed by atoms with E-state index in [1.165, 1.54) is 0 Å². The number of anilines is 1. The van der Waals surface area contributed by atoms with Gasteiger partial charge in [0.1, 0.15) is 5.82 Å². The molecule has 2 rings (SSSR count). The lowest BCUT2D eigenvalue weighted by Crippen LogP contribution is -1.92. The Morgan fingerprint density at radius 1 is 1.22 bits per heavy atom. The van der Waals surface area contributed by atoms with Crippen molar-refractivity contribution in [2.24, 2.45) is 0 Å². The third-order valence-corrected chi connectivity index (χ3v) is 4.24. The van der Waals surface area contributed by atoms with Crippen molar-refractivity contribution in [3.63, 3.8) is 0 Å². The van der Waals surface area contributed by atoms with Crippen molar-refractivity contribution in [1.29, 1.82) is 0 Å². The maximum absolute atomic E-state index is 13.7. The number of nitrogen functional groups attached to an aromatic ring is 1. The van der Waals surface area contributed by atoms with Crippen molar-refractivity contribution < 1.29 is 4.39 Å². The fraction of sp³-hybridized carbons (Fsp3) is 0.143. The smallest absolute Gasteiger partial charge is 0.145 e. The number of halogens is 2. The lowest BCUT2D eigenvalue weighted by Gasteiger charge is -2.08. The average Bonchev–Trinajstić information content (AvgIpc) is 2.36. The van der Waals surface area contributed by atoms with Crippen LogP contribution < -0.4 is 5.73 Å². The molecule has 94 valence electrons. The van der Waals surface area contributed by atoms with Gasteiger partial charge < -0.3 is 5.73 Å². The molecule has 0 aliphatic rings. The van der Waals surface area contributed by atoms with Crippen molar-refractivity contribution in [2.45, 2.75) is 17.6 Å². The van der Waals surface area contributed by atoms with Gasteiger partial charge in [0.15, 0.2) is 0 Å². The molecule has 0 saturated heterocycles. The van der Waals surface area contributed by atoms with Crippen LogP contribution in [0.1, 0.15) is 11.1 Å². The van der Waals surface area contributed by atoms with Crippen molar-refractivity contribution in [3.05, 3.63) is 58.4 Å². The number of hydrogen-bond acceptors (Lipinski definition) is 2. The first-order chi connectivity index (χ1) is 8.59. The van der Waals surface area contributed by atoms with E-state index in [0.29, 0.717) is 11.3 Å². The normalized spacial score (nSPS) is 10.6. The van der Waals surface area contributed by atoms with Gasteiger partial charge in [0.25, 0.3) is 0 Å². The summed E-state index contributed by atoms with van der Waals surface area (Å²) in [5.74, 6) is 0.199. The minimum atomic E-state index is -0.340. The van der Waals surface area contributed by atoms with E-state index in [0.717, 1.165) is 16.1 Å². The molecular weight excluding hydrogens is 269 g/mol. The van der Waals surface area contributed by atoms with E-state index in [-0.39, 0.29) is 10.8 Å². The molecule has 4 heteroatoms. The summed E-state index contributed by atoms with van der Waals surface area (Å²) in [6.07, 6.45) is 0. The molecule has 0 bridgehead atoms. The van der Waals surface area contributed by atoms with Gasteiger partial charge in [0, 0.05) is 16.3 Å². The molecule has 0 aliphatic carbocycles. The van der Waals surface area contributed by atoms with Crippen LogP contribution in [-0.4, -0.2) is 0 Å². The Kier molecular flexibility index (Phi) is 4.15. The maximum atomic E-state index is 13.7. The second kappa shape index (κ2) is 5.63. The van der Waals surface area contributed by atoms with Crippen LogP contribution >= 0.6 is 23.4 Å². The van der Waals surface area contributed by atoms with Gasteiger partial charge in [-0.3, -0.25) is 0 Å². The minimum Gasteiger partial charge on any atom is -0.398 e. The first-order valence-corrected chi connectivity index (χ1v) is 6.86. The van der Waals surface area contributed by atoms with Crippen molar-refractivity contribution in [2.75, 3.05) is 5.73 Å². The van der Waals surface area contributed by atoms with Crippen LogP contribution in [0.15, 0.2) is 41.3 Å². The van der Waals surface area contributed by atoms with Crippen LogP contribution in [-0.2, 0) is 5.75 Å². The number of hydrogen-bond donors (Lipinski definition) is 1. The Bertz CT molecular complexity index is 520. The Morgan fingerprint density at radius 3 is 2.72 bits per heavy atom. The number of benzene rings is 2. The maximum Gasteiger partial charge on any atom is 0.145 e. The lowest BCUT2D eigenvalue weighted by molar-refractivity contribution is 0.618. The van der Waals surface area contributed by atoms with E-state index in [9.17, 15) is 4.39 Å². The zero-order valence-electron chi connectivity index (χ0n) is 9.91. The van der Waals surface area contributed by atoms with E-state index in [1.807, 2.05) is 25.1 Å². The van der Waals surface area contributed by atoms with Gasteiger partial charge in [-0.05, 0) is 36.2 Å². The standard InChI is InChI=1S/C14H13ClFNS/c1-9-12(17)6-3-7-13(9)18-8-10-4-2-5-11(15)14(10)16/h2-7H,8,17H2,1H3. The van der Waals surface area contributed by atoms with E-state index in [2.05, 4.69) is 0 Å². The fourth-order valence-electron chi connectivity index (χ4n) is 1.60. The molecule has 0 radical (unpaired) electrons. The molecule has 0 unspecified atom stereocenters.